The molecule has 1 heterocycles. The molecule has 21 heavy (non-hydrogen) atoms. The zero-order valence-electron chi connectivity index (χ0n) is 11.2. The minimum absolute atomic E-state index is 0.148. The number of hydrogen-bond donors (Lipinski definition) is 1. The molecule has 0 atom stereocenters. The molecular weight excluding hydrogens is 270 g/mol. The summed E-state index contributed by atoms with van der Waals surface area (Å²) in [5.41, 5.74) is 1.75. The number of carbonyl (C=O) groups is 3. The van der Waals surface area contributed by atoms with E-state index >= 15 is 0 Å². The van der Waals surface area contributed by atoms with Gasteiger partial charge < -0.3 is 5.11 Å². The highest BCUT2D eigenvalue weighted by Gasteiger charge is 2.36. The Labute approximate surface area is 120 Å². The normalized spacial score (nSPS) is 13.5. The molecule has 1 N–H and O–H groups in total. The Morgan fingerprint density at radius 1 is 1.00 bits per heavy atom. The molecule has 3 rings (SSSR count). The number of carbonyl (C=O) groups excluding carboxylic acids is 2. The lowest BCUT2D eigenvalue weighted by Gasteiger charge is -2.15. The molecule has 0 saturated heterocycles. The van der Waals surface area contributed by atoms with Crippen LogP contribution in [0, 0.1) is 6.92 Å². The van der Waals surface area contributed by atoms with Gasteiger partial charge in [-0.1, -0.05) is 12.1 Å². The number of aromatic carboxylic acids is 1. The summed E-state index contributed by atoms with van der Waals surface area (Å²) in [6.07, 6.45) is 0. The van der Waals surface area contributed by atoms with Crippen LogP contribution in [-0.4, -0.2) is 22.9 Å². The van der Waals surface area contributed by atoms with Crippen molar-refractivity contribution in [1.82, 2.24) is 0 Å². The van der Waals surface area contributed by atoms with E-state index in [9.17, 15) is 14.4 Å². The summed E-state index contributed by atoms with van der Waals surface area (Å²) in [6.45, 7) is 1.63. The maximum Gasteiger partial charge on any atom is 0.335 e. The minimum atomic E-state index is -1.04. The van der Waals surface area contributed by atoms with Crippen LogP contribution in [0.1, 0.15) is 36.6 Å². The van der Waals surface area contributed by atoms with Crippen LogP contribution in [-0.2, 0) is 0 Å². The van der Waals surface area contributed by atoms with Gasteiger partial charge in [0.15, 0.2) is 0 Å². The Morgan fingerprint density at radius 3 is 2.05 bits per heavy atom. The molecule has 0 radical (unpaired) electrons. The molecule has 0 saturated carbocycles. The van der Waals surface area contributed by atoms with Gasteiger partial charge in [-0.05, 0) is 42.8 Å². The van der Waals surface area contributed by atoms with Crippen molar-refractivity contribution in [3.63, 3.8) is 0 Å². The highest BCUT2D eigenvalue weighted by molar-refractivity contribution is 6.34. The number of hydrogen-bond acceptors (Lipinski definition) is 3. The van der Waals surface area contributed by atoms with E-state index < -0.39 is 17.8 Å². The second-order valence-corrected chi connectivity index (χ2v) is 4.80. The number of amides is 2. The molecule has 0 spiro atoms. The third-order valence-corrected chi connectivity index (χ3v) is 3.49. The first-order chi connectivity index (χ1) is 10.0. The summed E-state index contributed by atoms with van der Waals surface area (Å²) in [4.78, 5) is 36.7. The second-order valence-electron chi connectivity index (χ2n) is 4.80. The number of carboxylic acid groups (broad SMARTS) is 1. The molecule has 0 aliphatic carbocycles. The zero-order chi connectivity index (χ0) is 15.1. The fourth-order valence-corrected chi connectivity index (χ4v) is 2.45. The number of nitrogens with zero attached hydrogens (tertiary/aromatic N) is 1. The van der Waals surface area contributed by atoms with E-state index in [1.807, 2.05) is 0 Å². The summed E-state index contributed by atoms with van der Waals surface area (Å²) in [6, 6.07) is 11.0. The topological polar surface area (TPSA) is 74.7 Å². The maximum absolute atomic E-state index is 12.3. The molecule has 5 heteroatoms. The van der Waals surface area contributed by atoms with Gasteiger partial charge in [0.25, 0.3) is 11.8 Å². The van der Waals surface area contributed by atoms with Crippen LogP contribution in [0.3, 0.4) is 0 Å². The average Bonchev–Trinajstić information content (AvgIpc) is 2.71. The van der Waals surface area contributed by atoms with Crippen LogP contribution < -0.4 is 4.90 Å². The molecule has 104 valence electrons. The van der Waals surface area contributed by atoms with E-state index in [0.717, 1.165) is 4.90 Å². The first-order valence-electron chi connectivity index (χ1n) is 6.32. The Bertz CT molecular complexity index is 760. The number of carboxylic acids is 1. The zero-order valence-corrected chi connectivity index (χ0v) is 11.2. The number of imide groups is 1. The van der Waals surface area contributed by atoms with Crippen LogP contribution in [0.15, 0.2) is 42.5 Å². The van der Waals surface area contributed by atoms with Crippen molar-refractivity contribution in [2.24, 2.45) is 0 Å². The first kappa shape index (κ1) is 13.1. The minimum Gasteiger partial charge on any atom is -0.478 e. The Balaban J connectivity index is 2.07. The van der Waals surface area contributed by atoms with Crippen LogP contribution in [0.2, 0.25) is 0 Å². The number of aryl methyl sites for hydroxylation is 1. The standard InChI is InChI=1S/C16H11NO4/c1-9-8-10(6-7-11(9)16(20)21)17-14(18)12-4-2-3-5-13(12)15(17)19/h2-8H,1H3,(H,20,21). The van der Waals surface area contributed by atoms with Crippen LogP contribution >= 0.6 is 0 Å². The van der Waals surface area contributed by atoms with Crippen molar-refractivity contribution < 1.29 is 19.5 Å². The smallest absolute Gasteiger partial charge is 0.335 e. The SMILES string of the molecule is Cc1cc(N2C(=O)c3ccccc3C2=O)ccc1C(=O)O. The lowest BCUT2D eigenvalue weighted by Crippen LogP contribution is -2.29. The van der Waals surface area contributed by atoms with Crippen molar-refractivity contribution in [1.29, 1.82) is 0 Å². The van der Waals surface area contributed by atoms with Crippen molar-refractivity contribution in [2.75, 3.05) is 4.90 Å². The van der Waals surface area contributed by atoms with Crippen LogP contribution in [0.5, 0.6) is 0 Å². The first-order valence-corrected chi connectivity index (χ1v) is 6.32. The van der Waals surface area contributed by atoms with Gasteiger partial charge >= 0.3 is 5.97 Å². The molecule has 2 amide bonds. The van der Waals surface area contributed by atoms with Gasteiger partial charge in [-0.15, -0.1) is 0 Å². The molecule has 1 aliphatic heterocycles. The molecule has 0 fully saturated rings. The molecular formula is C16H11NO4. The third-order valence-electron chi connectivity index (χ3n) is 3.49. The fraction of sp³-hybridized carbons (Fsp3) is 0.0625. The lowest BCUT2D eigenvalue weighted by molar-refractivity contribution is 0.0695. The number of rotatable bonds is 2. The van der Waals surface area contributed by atoms with Crippen molar-refractivity contribution >= 4 is 23.5 Å². The van der Waals surface area contributed by atoms with Gasteiger partial charge in [-0.25, -0.2) is 9.69 Å². The summed E-state index contributed by atoms with van der Waals surface area (Å²) >= 11 is 0. The van der Waals surface area contributed by atoms with E-state index in [1.54, 1.807) is 31.2 Å². The van der Waals surface area contributed by atoms with Gasteiger partial charge in [-0.3, -0.25) is 9.59 Å². The van der Waals surface area contributed by atoms with Crippen LogP contribution in [0.4, 0.5) is 5.69 Å². The van der Waals surface area contributed by atoms with E-state index in [1.165, 1.54) is 18.2 Å². The van der Waals surface area contributed by atoms with Crippen LogP contribution in [0.25, 0.3) is 0 Å². The quantitative estimate of drug-likeness (QED) is 0.858. The van der Waals surface area contributed by atoms with Gasteiger partial charge in [0.05, 0.1) is 22.4 Å². The number of anilines is 1. The number of fused-ring (bicyclic) bond motifs is 1. The summed E-state index contributed by atoms with van der Waals surface area (Å²) in [7, 11) is 0. The summed E-state index contributed by atoms with van der Waals surface area (Å²) in [5.74, 6) is -1.82. The highest BCUT2D eigenvalue weighted by atomic mass is 16.4. The van der Waals surface area contributed by atoms with Crippen molar-refractivity contribution in [2.45, 2.75) is 6.92 Å². The van der Waals surface area contributed by atoms with E-state index in [2.05, 4.69) is 0 Å². The lowest BCUT2D eigenvalue weighted by atomic mass is 10.1. The third kappa shape index (κ3) is 1.90. The monoisotopic (exact) mass is 281 g/mol. The van der Waals surface area contributed by atoms with E-state index in [4.69, 9.17) is 5.11 Å². The summed E-state index contributed by atoms with van der Waals surface area (Å²) < 4.78 is 0. The Kier molecular flexibility index (Phi) is 2.83. The average molecular weight is 281 g/mol. The molecule has 5 nitrogen and oxygen atoms in total. The molecule has 2 aromatic carbocycles. The number of benzene rings is 2. The Hall–Kier alpha value is -2.95. The second kappa shape index (κ2) is 4.56. The predicted octanol–water partition coefficient (Wildman–Crippen LogP) is 2.49. The molecule has 0 aromatic heterocycles. The van der Waals surface area contributed by atoms with Gasteiger partial charge in [0.1, 0.15) is 0 Å². The van der Waals surface area contributed by atoms with Crippen molar-refractivity contribution in [3.05, 3.63) is 64.7 Å². The predicted molar refractivity (Wildman–Crippen MR) is 75.7 cm³/mol. The largest absolute Gasteiger partial charge is 0.478 e. The molecule has 2 aromatic rings. The fourth-order valence-electron chi connectivity index (χ4n) is 2.45. The van der Waals surface area contributed by atoms with Gasteiger partial charge in [-0.2, -0.15) is 0 Å². The maximum atomic E-state index is 12.3. The molecule has 0 bridgehead atoms. The molecule has 0 unspecified atom stereocenters. The molecule has 1 aliphatic rings. The van der Waals surface area contributed by atoms with E-state index in [-0.39, 0.29) is 5.56 Å². The van der Waals surface area contributed by atoms with Gasteiger partial charge in [0, 0.05) is 0 Å². The summed E-state index contributed by atoms with van der Waals surface area (Å²) in [5, 5.41) is 9.02. The van der Waals surface area contributed by atoms with Gasteiger partial charge in [0.2, 0.25) is 0 Å². The highest BCUT2D eigenvalue weighted by Crippen LogP contribution is 2.29. The Morgan fingerprint density at radius 2 is 1.57 bits per heavy atom. The van der Waals surface area contributed by atoms with Crippen molar-refractivity contribution in [3.8, 4) is 0 Å². The van der Waals surface area contributed by atoms with E-state index in [0.29, 0.717) is 22.4 Å².